The van der Waals surface area contributed by atoms with Gasteiger partial charge in [-0.3, -0.25) is 0 Å². The molecule has 3 rings (SSSR count). The van der Waals surface area contributed by atoms with Crippen LogP contribution in [0, 0.1) is 0 Å². The highest BCUT2D eigenvalue weighted by atomic mass is 15.2. The topological polar surface area (TPSA) is 15.3 Å². The lowest BCUT2D eigenvalue weighted by Gasteiger charge is -2.41. The van der Waals surface area contributed by atoms with Gasteiger partial charge in [-0.05, 0) is 51.4 Å². The lowest BCUT2D eigenvalue weighted by atomic mass is 9.73. The summed E-state index contributed by atoms with van der Waals surface area (Å²) in [4.78, 5) is 2.60. The van der Waals surface area contributed by atoms with Crippen molar-refractivity contribution in [3.05, 3.63) is 35.9 Å². The molecule has 2 heteroatoms. The minimum absolute atomic E-state index is 0.379. The molecule has 1 aromatic carbocycles. The van der Waals surface area contributed by atoms with E-state index in [9.17, 15) is 0 Å². The van der Waals surface area contributed by atoms with Gasteiger partial charge >= 0.3 is 0 Å². The first-order valence-electron chi connectivity index (χ1n) is 7.27. The van der Waals surface area contributed by atoms with Gasteiger partial charge in [-0.15, -0.1) is 0 Å². The van der Waals surface area contributed by atoms with Crippen LogP contribution >= 0.6 is 0 Å². The predicted octanol–water partition coefficient (Wildman–Crippen LogP) is 2.40. The molecular weight excluding hydrogens is 220 g/mol. The molecule has 2 nitrogen and oxygen atoms in total. The highest BCUT2D eigenvalue weighted by molar-refractivity contribution is 5.27. The Morgan fingerprint density at radius 1 is 1.17 bits per heavy atom. The van der Waals surface area contributed by atoms with Crippen LogP contribution in [-0.2, 0) is 5.41 Å². The summed E-state index contributed by atoms with van der Waals surface area (Å²) in [5, 5.41) is 3.51. The van der Waals surface area contributed by atoms with E-state index in [1.165, 1.54) is 32.2 Å². The maximum absolute atomic E-state index is 3.51. The van der Waals surface area contributed by atoms with E-state index in [2.05, 4.69) is 47.6 Å². The van der Waals surface area contributed by atoms with Crippen molar-refractivity contribution in [2.24, 2.45) is 0 Å². The Labute approximate surface area is 110 Å². The van der Waals surface area contributed by atoms with Gasteiger partial charge in [0.2, 0.25) is 0 Å². The summed E-state index contributed by atoms with van der Waals surface area (Å²) in [5.41, 5.74) is 1.92. The molecule has 0 unspecified atom stereocenters. The number of hydrogen-bond acceptors (Lipinski definition) is 2. The van der Waals surface area contributed by atoms with Crippen LogP contribution in [0.5, 0.6) is 0 Å². The first-order chi connectivity index (χ1) is 8.80. The third-order valence-corrected chi connectivity index (χ3v) is 4.67. The number of benzene rings is 1. The van der Waals surface area contributed by atoms with Crippen molar-refractivity contribution in [2.75, 3.05) is 26.7 Å². The zero-order valence-electron chi connectivity index (χ0n) is 11.4. The Morgan fingerprint density at radius 2 is 1.83 bits per heavy atom. The second kappa shape index (κ2) is 5.02. The van der Waals surface area contributed by atoms with E-state index in [-0.39, 0.29) is 0 Å². The number of hydrogen-bond donors (Lipinski definition) is 1. The summed E-state index contributed by atoms with van der Waals surface area (Å²) < 4.78 is 0. The number of nitrogens with one attached hydrogen (secondary N) is 1. The number of rotatable bonds is 4. The van der Waals surface area contributed by atoms with Crippen LogP contribution in [0.3, 0.4) is 0 Å². The molecule has 2 fully saturated rings. The summed E-state index contributed by atoms with van der Waals surface area (Å²) in [6.45, 7) is 3.55. The quantitative estimate of drug-likeness (QED) is 0.875. The van der Waals surface area contributed by atoms with Gasteiger partial charge in [0.15, 0.2) is 0 Å². The molecule has 0 aromatic heterocycles. The molecule has 1 aliphatic carbocycles. The van der Waals surface area contributed by atoms with Crippen molar-refractivity contribution in [3.63, 3.8) is 0 Å². The van der Waals surface area contributed by atoms with Crippen LogP contribution in [-0.4, -0.2) is 37.6 Å². The van der Waals surface area contributed by atoms with E-state index < -0.39 is 0 Å². The fraction of sp³-hybridized carbons (Fsp3) is 0.625. The van der Waals surface area contributed by atoms with Crippen LogP contribution in [0.2, 0.25) is 0 Å². The standard InChI is InChI=1S/C16H24N2/c1-18(15-7-8-15)13-16(9-11-17-12-10-16)14-5-3-2-4-6-14/h2-6,15,17H,7-13H2,1H3. The van der Waals surface area contributed by atoms with E-state index in [1.807, 2.05) is 0 Å². The van der Waals surface area contributed by atoms with Crippen LogP contribution in [0.25, 0.3) is 0 Å². The Balaban J connectivity index is 1.83. The molecule has 0 radical (unpaired) electrons. The minimum Gasteiger partial charge on any atom is -0.317 e. The molecule has 1 N–H and O–H groups in total. The van der Waals surface area contributed by atoms with Gasteiger partial charge in [0.1, 0.15) is 0 Å². The molecule has 2 aliphatic rings. The molecule has 0 bridgehead atoms. The second-order valence-electron chi connectivity index (χ2n) is 6.04. The van der Waals surface area contributed by atoms with Gasteiger partial charge in [-0.25, -0.2) is 0 Å². The zero-order valence-corrected chi connectivity index (χ0v) is 11.4. The Hall–Kier alpha value is -0.860. The van der Waals surface area contributed by atoms with Crippen molar-refractivity contribution in [2.45, 2.75) is 37.1 Å². The van der Waals surface area contributed by atoms with Gasteiger partial charge in [0.05, 0.1) is 0 Å². The molecule has 0 amide bonds. The van der Waals surface area contributed by atoms with E-state index >= 15 is 0 Å². The lowest BCUT2D eigenvalue weighted by Crippen LogP contribution is -2.47. The SMILES string of the molecule is CN(CC1(c2ccccc2)CCNCC1)C1CC1. The third kappa shape index (κ3) is 2.45. The van der Waals surface area contributed by atoms with Crippen molar-refractivity contribution in [3.8, 4) is 0 Å². The average molecular weight is 244 g/mol. The van der Waals surface area contributed by atoms with Gasteiger partial charge in [-0.1, -0.05) is 30.3 Å². The summed E-state index contributed by atoms with van der Waals surface area (Å²) in [7, 11) is 2.31. The van der Waals surface area contributed by atoms with E-state index in [0.717, 1.165) is 19.1 Å². The highest BCUT2D eigenvalue weighted by Crippen LogP contribution is 2.37. The molecule has 0 spiro atoms. The molecule has 1 saturated heterocycles. The van der Waals surface area contributed by atoms with Crippen molar-refractivity contribution in [1.29, 1.82) is 0 Å². The van der Waals surface area contributed by atoms with Crippen LogP contribution in [0.4, 0.5) is 0 Å². The maximum Gasteiger partial charge on any atom is 0.0104 e. The smallest absolute Gasteiger partial charge is 0.0104 e. The molecule has 1 saturated carbocycles. The van der Waals surface area contributed by atoms with Crippen molar-refractivity contribution < 1.29 is 0 Å². The summed E-state index contributed by atoms with van der Waals surface area (Å²) in [5.74, 6) is 0. The first-order valence-corrected chi connectivity index (χ1v) is 7.27. The summed E-state index contributed by atoms with van der Waals surface area (Å²) >= 11 is 0. The number of piperidine rings is 1. The van der Waals surface area contributed by atoms with Gasteiger partial charge < -0.3 is 10.2 Å². The Morgan fingerprint density at radius 3 is 2.44 bits per heavy atom. The molecule has 1 heterocycles. The van der Waals surface area contributed by atoms with Gasteiger partial charge in [-0.2, -0.15) is 0 Å². The lowest BCUT2D eigenvalue weighted by molar-refractivity contribution is 0.195. The monoisotopic (exact) mass is 244 g/mol. The van der Waals surface area contributed by atoms with Gasteiger partial charge in [0, 0.05) is 18.0 Å². The number of likely N-dealkylation sites (N-methyl/N-ethyl adjacent to an activating group) is 1. The molecule has 98 valence electrons. The van der Waals surface area contributed by atoms with E-state index in [1.54, 1.807) is 5.56 Å². The second-order valence-corrected chi connectivity index (χ2v) is 6.04. The van der Waals surface area contributed by atoms with Crippen LogP contribution in [0.1, 0.15) is 31.2 Å². The molecular formula is C16H24N2. The van der Waals surface area contributed by atoms with Gasteiger partial charge in [0.25, 0.3) is 0 Å². The van der Waals surface area contributed by atoms with E-state index in [0.29, 0.717) is 5.41 Å². The first kappa shape index (κ1) is 12.2. The Kier molecular flexibility index (Phi) is 3.40. The van der Waals surface area contributed by atoms with Crippen molar-refractivity contribution in [1.82, 2.24) is 10.2 Å². The zero-order chi connectivity index (χ0) is 12.4. The Bertz CT molecular complexity index is 377. The van der Waals surface area contributed by atoms with Crippen LogP contribution < -0.4 is 5.32 Å². The molecule has 18 heavy (non-hydrogen) atoms. The summed E-state index contributed by atoms with van der Waals surface area (Å²) in [6, 6.07) is 12.0. The fourth-order valence-electron chi connectivity index (χ4n) is 3.36. The summed E-state index contributed by atoms with van der Waals surface area (Å²) in [6.07, 6.45) is 5.35. The molecule has 1 aliphatic heterocycles. The normalized spacial score (nSPS) is 23.2. The largest absolute Gasteiger partial charge is 0.317 e. The predicted molar refractivity (Wildman–Crippen MR) is 75.9 cm³/mol. The molecule has 1 aromatic rings. The number of nitrogens with zero attached hydrogens (tertiary/aromatic N) is 1. The molecule has 0 atom stereocenters. The fourth-order valence-corrected chi connectivity index (χ4v) is 3.36. The average Bonchev–Trinajstić information content (AvgIpc) is 3.25. The third-order valence-electron chi connectivity index (χ3n) is 4.67. The maximum atomic E-state index is 3.51. The minimum atomic E-state index is 0.379. The highest BCUT2D eigenvalue weighted by Gasteiger charge is 2.38. The van der Waals surface area contributed by atoms with Crippen molar-refractivity contribution >= 4 is 0 Å². The van der Waals surface area contributed by atoms with E-state index in [4.69, 9.17) is 0 Å². The van der Waals surface area contributed by atoms with Crippen LogP contribution in [0.15, 0.2) is 30.3 Å².